The average molecular weight is 290 g/mol. The van der Waals surface area contributed by atoms with E-state index in [2.05, 4.69) is 34.6 Å². The average Bonchev–Trinajstić information content (AvgIpc) is 2.96. The van der Waals surface area contributed by atoms with Gasteiger partial charge in [0.1, 0.15) is 6.10 Å². The van der Waals surface area contributed by atoms with Gasteiger partial charge in [0.2, 0.25) is 0 Å². The van der Waals surface area contributed by atoms with Crippen LogP contribution in [0.4, 0.5) is 0 Å². The lowest BCUT2D eigenvalue weighted by molar-refractivity contribution is -0.133. The molecule has 114 valence electrons. The zero-order chi connectivity index (χ0) is 14.7. The van der Waals surface area contributed by atoms with Crippen LogP contribution in [-0.4, -0.2) is 49.2 Å². The highest BCUT2D eigenvalue weighted by atomic mass is 16.5. The molecule has 0 radical (unpaired) electrons. The predicted molar refractivity (Wildman–Crippen MR) is 81.1 cm³/mol. The number of fused-ring (bicyclic) bond motifs is 1. The van der Waals surface area contributed by atoms with Gasteiger partial charge in [-0.3, -0.25) is 0 Å². The van der Waals surface area contributed by atoms with Crippen molar-refractivity contribution < 1.29 is 14.6 Å². The van der Waals surface area contributed by atoms with Gasteiger partial charge in [0.05, 0.1) is 19.3 Å². The van der Waals surface area contributed by atoms with Crippen LogP contribution in [0.15, 0.2) is 30.5 Å². The van der Waals surface area contributed by atoms with Gasteiger partial charge in [-0.15, -0.1) is 0 Å². The Hall–Kier alpha value is -1.40. The minimum atomic E-state index is -0.470. The van der Waals surface area contributed by atoms with E-state index in [1.165, 1.54) is 10.9 Å². The third kappa shape index (κ3) is 3.27. The van der Waals surface area contributed by atoms with Gasteiger partial charge >= 0.3 is 0 Å². The molecule has 3 atom stereocenters. The van der Waals surface area contributed by atoms with Crippen molar-refractivity contribution in [1.29, 1.82) is 0 Å². The molecular formula is C16H22N2O3. The molecule has 2 aromatic rings. The summed E-state index contributed by atoms with van der Waals surface area (Å²) in [4.78, 5) is 3.22. The van der Waals surface area contributed by atoms with Crippen LogP contribution in [0, 0.1) is 5.92 Å². The highest BCUT2D eigenvalue weighted by Crippen LogP contribution is 2.17. The molecule has 3 N–H and O–H groups in total. The fraction of sp³-hybridized carbons (Fsp3) is 0.500. The van der Waals surface area contributed by atoms with Crippen LogP contribution in [0.5, 0.6) is 0 Å². The van der Waals surface area contributed by atoms with Gasteiger partial charge in [-0.25, -0.2) is 0 Å². The smallest absolute Gasteiger partial charge is 0.107 e. The Morgan fingerprint density at radius 1 is 1.38 bits per heavy atom. The molecular weight excluding hydrogens is 268 g/mol. The maximum absolute atomic E-state index is 10.2. The lowest BCUT2D eigenvalue weighted by Crippen LogP contribution is -2.48. The zero-order valence-corrected chi connectivity index (χ0v) is 12.2. The number of hydrogen-bond donors (Lipinski definition) is 3. The van der Waals surface area contributed by atoms with Gasteiger partial charge < -0.3 is 24.9 Å². The number of benzene rings is 1. The molecule has 0 spiro atoms. The first-order valence-electron chi connectivity index (χ1n) is 7.33. The standard InChI is InChI=1S/C16H22N2O3/c1-20-15-10-21-9-13(16(15)19)8-17-7-11-2-3-12-4-5-18-14(12)6-11/h2-6,13,15-19H,7-10H2,1H3/t13-,15-,16+/m1/s1. The predicted octanol–water partition coefficient (Wildman–Crippen LogP) is 1.28. The summed E-state index contributed by atoms with van der Waals surface area (Å²) < 4.78 is 10.7. The number of ether oxygens (including phenoxy) is 2. The van der Waals surface area contributed by atoms with Gasteiger partial charge in [-0.2, -0.15) is 0 Å². The Kier molecular flexibility index (Phi) is 4.55. The van der Waals surface area contributed by atoms with Crippen molar-refractivity contribution in [3.8, 4) is 0 Å². The first-order valence-corrected chi connectivity index (χ1v) is 7.33. The summed E-state index contributed by atoms with van der Waals surface area (Å²) in [5.74, 6) is 0.0675. The molecule has 0 bridgehead atoms. The van der Waals surface area contributed by atoms with Crippen LogP contribution in [-0.2, 0) is 16.0 Å². The van der Waals surface area contributed by atoms with E-state index in [4.69, 9.17) is 9.47 Å². The van der Waals surface area contributed by atoms with Crippen molar-refractivity contribution in [3.05, 3.63) is 36.0 Å². The minimum absolute atomic E-state index is 0.0675. The van der Waals surface area contributed by atoms with Gasteiger partial charge in [-0.1, -0.05) is 12.1 Å². The van der Waals surface area contributed by atoms with Crippen LogP contribution >= 0.6 is 0 Å². The fourth-order valence-corrected chi connectivity index (χ4v) is 2.83. The summed E-state index contributed by atoms with van der Waals surface area (Å²) in [5.41, 5.74) is 2.37. The number of rotatable bonds is 5. The largest absolute Gasteiger partial charge is 0.390 e. The molecule has 5 heteroatoms. The van der Waals surface area contributed by atoms with E-state index in [0.717, 1.165) is 12.1 Å². The van der Waals surface area contributed by atoms with E-state index in [1.807, 2.05) is 6.20 Å². The molecule has 0 unspecified atom stereocenters. The van der Waals surface area contributed by atoms with Crippen molar-refractivity contribution in [2.24, 2.45) is 5.92 Å². The second-order valence-electron chi connectivity index (χ2n) is 5.59. The number of H-pyrrole nitrogens is 1. The Balaban J connectivity index is 1.53. The summed E-state index contributed by atoms with van der Waals surface area (Å²) in [6.07, 6.45) is 1.26. The second kappa shape index (κ2) is 6.58. The molecule has 1 aromatic carbocycles. The monoisotopic (exact) mass is 290 g/mol. The third-order valence-corrected chi connectivity index (χ3v) is 4.14. The van der Waals surface area contributed by atoms with E-state index < -0.39 is 6.10 Å². The van der Waals surface area contributed by atoms with Crippen molar-refractivity contribution in [2.75, 3.05) is 26.9 Å². The molecule has 2 heterocycles. The lowest BCUT2D eigenvalue weighted by atomic mass is 9.96. The van der Waals surface area contributed by atoms with E-state index in [9.17, 15) is 5.11 Å². The highest BCUT2D eigenvalue weighted by molar-refractivity contribution is 5.79. The third-order valence-electron chi connectivity index (χ3n) is 4.14. The molecule has 0 aliphatic carbocycles. The molecule has 21 heavy (non-hydrogen) atoms. The van der Waals surface area contributed by atoms with Crippen LogP contribution in [0.25, 0.3) is 10.9 Å². The van der Waals surface area contributed by atoms with Crippen LogP contribution < -0.4 is 5.32 Å². The van der Waals surface area contributed by atoms with Gasteiger partial charge in [0.25, 0.3) is 0 Å². The summed E-state index contributed by atoms with van der Waals surface area (Å²) in [6.45, 7) is 2.53. The first kappa shape index (κ1) is 14.5. The van der Waals surface area contributed by atoms with E-state index in [0.29, 0.717) is 19.8 Å². The van der Waals surface area contributed by atoms with Crippen molar-refractivity contribution in [2.45, 2.75) is 18.8 Å². The molecule has 3 rings (SSSR count). The number of aromatic nitrogens is 1. The molecule has 1 aliphatic heterocycles. The number of aliphatic hydroxyl groups is 1. The molecule has 1 fully saturated rings. The van der Waals surface area contributed by atoms with Gasteiger partial charge in [-0.05, 0) is 23.1 Å². The molecule has 1 aliphatic rings. The molecule has 1 aromatic heterocycles. The number of aromatic amines is 1. The number of methoxy groups -OCH3 is 1. The van der Waals surface area contributed by atoms with E-state index in [-0.39, 0.29) is 12.0 Å². The topological polar surface area (TPSA) is 66.5 Å². The molecule has 1 saturated heterocycles. The number of hydrogen-bond acceptors (Lipinski definition) is 4. The van der Waals surface area contributed by atoms with Gasteiger partial charge in [0, 0.05) is 37.8 Å². The SMILES string of the molecule is CO[C@@H]1COC[C@@H](CNCc2ccc3cc[nH]c3c2)[C@@H]1O. The van der Waals surface area contributed by atoms with Crippen molar-refractivity contribution in [1.82, 2.24) is 10.3 Å². The second-order valence-corrected chi connectivity index (χ2v) is 5.59. The van der Waals surface area contributed by atoms with E-state index in [1.54, 1.807) is 7.11 Å². The van der Waals surface area contributed by atoms with Crippen LogP contribution in [0.3, 0.4) is 0 Å². The maximum atomic E-state index is 10.2. The summed E-state index contributed by atoms with van der Waals surface area (Å²) in [5, 5.41) is 14.8. The summed E-state index contributed by atoms with van der Waals surface area (Å²) in [7, 11) is 1.61. The van der Waals surface area contributed by atoms with Crippen molar-refractivity contribution >= 4 is 10.9 Å². The Bertz CT molecular complexity index is 584. The summed E-state index contributed by atoms with van der Waals surface area (Å²) in [6, 6.07) is 8.44. The van der Waals surface area contributed by atoms with E-state index >= 15 is 0 Å². The van der Waals surface area contributed by atoms with Crippen LogP contribution in [0.1, 0.15) is 5.56 Å². The van der Waals surface area contributed by atoms with Crippen LogP contribution in [0.2, 0.25) is 0 Å². The number of nitrogens with one attached hydrogen (secondary N) is 2. The lowest BCUT2D eigenvalue weighted by Gasteiger charge is -2.33. The zero-order valence-electron chi connectivity index (χ0n) is 12.2. The maximum Gasteiger partial charge on any atom is 0.107 e. The quantitative estimate of drug-likeness (QED) is 0.776. The van der Waals surface area contributed by atoms with Gasteiger partial charge in [0.15, 0.2) is 0 Å². The van der Waals surface area contributed by atoms with Crippen molar-refractivity contribution in [3.63, 3.8) is 0 Å². The normalized spacial score (nSPS) is 26.3. The fourth-order valence-electron chi connectivity index (χ4n) is 2.83. The first-order chi connectivity index (χ1) is 10.3. The minimum Gasteiger partial charge on any atom is -0.390 e. The number of aliphatic hydroxyl groups excluding tert-OH is 1. The molecule has 0 saturated carbocycles. The Labute approximate surface area is 124 Å². The Morgan fingerprint density at radius 3 is 3.14 bits per heavy atom. The highest BCUT2D eigenvalue weighted by Gasteiger charge is 2.32. The molecule has 0 amide bonds. The Morgan fingerprint density at radius 2 is 2.29 bits per heavy atom. The molecule has 5 nitrogen and oxygen atoms in total. The summed E-state index contributed by atoms with van der Waals surface area (Å²) >= 11 is 0.